The van der Waals surface area contributed by atoms with Crippen LogP contribution in [0.25, 0.3) is 6.08 Å². The van der Waals surface area contributed by atoms with E-state index in [9.17, 15) is 15.0 Å². The molecule has 0 fully saturated rings. The van der Waals surface area contributed by atoms with Crippen LogP contribution in [0.3, 0.4) is 0 Å². The zero-order valence-electron chi connectivity index (χ0n) is 15.0. The summed E-state index contributed by atoms with van der Waals surface area (Å²) in [6.45, 7) is 0. The lowest BCUT2D eigenvalue weighted by molar-refractivity contribution is -0.135. The zero-order chi connectivity index (χ0) is 20.3. The highest BCUT2D eigenvalue weighted by Gasteiger charge is 2.33. The zero-order valence-corrected chi connectivity index (χ0v) is 16.5. The van der Waals surface area contributed by atoms with Crippen LogP contribution in [-0.4, -0.2) is 35.4 Å². The second-order valence-corrected chi connectivity index (χ2v) is 7.12. The van der Waals surface area contributed by atoms with Crippen LogP contribution in [0.4, 0.5) is 5.69 Å². The molecule has 3 rings (SSSR count). The molecule has 0 bridgehead atoms. The number of aromatic hydroxyl groups is 1. The first-order valence-corrected chi connectivity index (χ1v) is 9.25. The summed E-state index contributed by atoms with van der Waals surface area (Å²) in [5, 5.41) is 21.3. The Balaban J connectivity index is 2.04. The number of halogens is 1. The number of carbonyl (C=O) groups is 1. The number of aliphatic hydroxyl groups is 1. The number of aliphatic hydroxyl groups excluding tert-OH is 1. The van der Waals surface area contributed by atoms with Crippen molar-refractivity contribution in [1.29, 1.82) is 0 Å². The van der Waals surface area contributed by atoms with Gasteiger partial charge in [-0.25, -0.2) is 9.79 Å². The molecule has 28 heavy (non-hydrogen) atoms. The quantitative estimate of drug-likeness (QED) is 0.691. The maximum atomic E-state index is 12.2. The van der Waals surface area contributed by atoms with E-state index in [-0.39, 0.29) is 22.1 Å². The molecule has 0 atom stereocenters. The SMILES string of the molecule is COC(=O)C1=C(O)/C(=C\c2ccc(OC)c(O)c2)SC1=Nc1cccc(Cl)c1. The summed E-state index contributed by atoms with van der Waals surface area (Å²) in [5.41, 5.74) is 1.12. The van der Waals surface area contributed by atoms with Crippen molar-refractivity contribution in [2.75, 3.05) is 14.2 Å². The number of methoxy groups -OCH3 is 2. The number of hydrogen-bond donors (Lipinski definition) is 2. The van der Waals surface area contributed by atoms with Crippen molar-refractivity contribution in [2.45, 2.75) is 0 Å². The molecule has 0 spiro atoms. The third-order valence-corrected chi connectivity index (χ3v) is 5.07. The normalized spacial score (nSPS) is 16.7. The lowest BCUT2D eigenvalue weighted by Gasteiger charge is -2.04. The average molecular weight is 418 g/mol. The molecule has 144 valence electrons. The molecule has 0 amide bonds. The van der Waals surface area contributed by atoms with E-state index in [0.717, 1.165) is 11.8 Å². The van der Waals surface area contributed by atoms with Crippen LogP contribution in [0.2, 0.25) is 5.02 Å². The number of aliphatic imine (C=N–C) groups is 1. The summed E-state index contributed by atoms with van der Waals surface area (Å²) in [5.74, 6) is -0.650. The molecule has 0 aromatic heterocycles. The first-order chi connectivity index (χ1) is 13.4. The predicted molar refractivity (Wildman–Crippen MR) is 110 cm³/mol. The van der Waals surface area contributed by atoms with Crippen LogP contribution in [0.5, 0.6) is 11.5 Å². The van der Waals surface area contributed by atoms with Gasteiger partial charge in [0.25, 0.3) is 0 Å². The Hall–Kier alpha value is -2.90. The molecular formula is C20H16ClNO5S. The average Bonchev–Trinajstić information content (AvgIpc) is 2.96. The Labute approximate surface area is 170 Å². The Kier molecular flexibility index (Phi) is 5.96. The molecule has 2 N–H and O–H groups in total. The summed E-state index contributed by atoms with van der Waals surface area (Å²) in [6.07, 6.45) is 1.63. The maximum absolute atomic E-state index is 12.2. The summed E-state index contributed by atoms with van der Waals surface area (Å²) in [4.78, 5) is 17.0. The van der Waals surface area contributed by atoms with Crippen molar-refractivity contribution in [3.8, 4) is 11.5 Å². The van der Waals surface area contributed by atoms with E-state index in [1.165, 1.54) is 20.3 Å². The molecule has 1 heterocycles. The topological polar surface area (TPSA) is 88.4 Å². The number of thioether (sulfide) groups is 1. The summed E-state index contributed by atoms with van der Waals surface area (Å²) >= 11 is 7.10. The fourth-order valence-electron chi connectivity index (χ4n) is 2.50. The van der Waals surface area contributed by atoms with Gasteiger partial charge in [-0.15, -0.1) is 0 Å². The van der Waals surface area contributed by atoms with E-state index in [1.54, 1.807) is 42.5 Å². The molecule has 1 aliphatic heterocycles. The number of rotatable bonds is 4. The van der Waals surface area contributed by atoms with E-state index >= 15 is 0 Å². The molecule has 0 saturated heterocycles. The van der Waals surface area contributed by atoms with Gasteiger partial charge in [0.05, 0.1) is 24.8 Å². The number of ether oxygens (including phenoxy) is 2. The van der Waals surface area contributed by atoms with Crippen molar-refractivity contribution in [2.24, 2.45) is 4.99 Å². The molecule has 6 nitrogen and oxygen atoms in total. The van der Waals surface area contributed by atoms with Crippen molar-refractivity contribution in [1.82, 2.24) is 0 Å². The van der Waals surface area contributed by atoms with E-state index in [0.29, 0.717) is 26.9 Å². The summed E-state index contributed by atoms with van der Waals surface area (Å²) in [7, 11) is 2.68. The van der Waals surface area contributed by atoms with E-state index in [2.05, 4.69) is 4.99 Å². The maximum Gasteiger partial charge on any atom is 0.344 e. The van der Waals surface area contributed by atoms with Crippen molar-refractivity contribution in [3.63, 3.8) is 0 Å². The van der Waals surface area contributed by atoms with Crippen LogP contribution in [0, 0.1) is 0 Å². The van der Waals surface area contributed by atoms with Gasteiger partial charge >= 0.3 is 5.97 Å². The van der Waals surface area contributed by atoms with Gasteiger partial charge < -0.3 is 19.7 Å². The number of nitrogens with zero attached hydrogens (tertiary/aromatic N) is 1. The minimum absolute atomic E-state index is 0.0311. The molecule has 0 unspecified atom stereocenters. The highest BCUT2D eigenvalue weighted by Crippen LogP contribution is 2.41. The van der Waals surface area contributed by atoms with Gasteiger partial charge in [0.15, 0.2) is 11.5 Å². The number of esters is 1. The van der Waals surface area contributed by atoms with Crippen LogP contribution >= 0.6 is 23.4 Å². The highest BCUT2D eigenvalue weighted by atomic mass is 35.5. The van der Waals surface area contributed by atoms with Crippen LogP contribution in [-0.2, 0) is 9.53 Å². The van der Waals surface area contributed by atoms with Crippen molar-refractivity contribution >= 4 is 46.1 Å². The molecule has 0 radical (unpaired) electrons. The lowest BCUT2D eigenvalue weighted by atomic mass is 10.1. The number of carbonyl (C=O) groups excluding carboxylic acids is 1. The van der Waals surface area contributed by atoms with E-state index < -0.39 is 5.97 Å². The molecule has 0 saturated carbocycles. The highest BCUT2D eigenvalue weighted by molar-refractivity contribution is 8.18. The van der Waals surface area contributed by atoms with Gasteiger partial charge in [0.2, 0.25) is 0 Å². The fourth-order valence-corrected chi connectivity index (χ4v) is 3.72. The van der Waals surface area contributed by atoms with Gasteiger partial charge in [-0.2, -0.15) is 0 Å². The molecule has 2 aromatic rings. The van der Waals surface area contributed by atoms with E-state index in [1.807, 2.05) is 0 Å². The largest absolute Gasteiger partial charge is 0.506 e. The van der Waals surface area contributed by atoms with Gasteiger partial charge in [-0.3, -0.25) is 0 Å². The summed E-state index contributed by atoms with van der Waals surface area (Å²) < 4.78 is 9.80. The molecule has 0 aliphatic carbocycles. The van der Waals surface area contributed by atoms with Gasteiger partial charge in [0, 0.05) is 5.02 Å². The van der Waals surface area contributed by atoms with E-state index in [4.69, 9.17) is 21.1 Å². The smallest absolute Gasteiger partial charge is 0.344 e. The first-order valence-electron chi connectivity index (χ1n) is 8.06. The Bertz CT molecular complexity index is 1030. The monoisotopic (exact) mass is 417 g/mol. The Morgan fingerprint density at radius 2 is 1.96 bits per heavy atom. The minimum Gasteiger partial charge on any atom is -0.506 e. The lowest BCUT2D eigenvalue weighted by Crippen LogP contribution is -2.10. The van der Waals surface area contributed by atoms with Crippen molar-refractivity contribution < 1.29 is 24.5 Å². The second-order valence-electron chi connectivity index (χ2n) is 5.65. The third-order valence-electron chi connectivity index (χ3n) is 3.82. The van der Waals surface area contributed by atoms with Gasteiger partial charge in [-0.1, -0.05) is 35.5 Å². The summed E-state index contributed by atoms with van der Waals surface area (Å²) in [6, 6.07) is 11.6. The van der Waals surface area contributed by atoms with Gasteiger partial charge in [-0.05, 0) is 42.0 Å². The molecular weight excluding hydrogens is 402 g/mol. The number of phenols is 1. The van der Waals surface area contributed by atoms with Gasteiger partial charge in [0.1, 0.15) is 16.4 Å². The second kappa shape index (κ2) is 8.41. The Morgan fingerprint density at radius 1 is 1.18 bits per heavy atom. The fraction of sp³-hybridized carbons (Fsp3) is 0.100. The van der Waals surface area contributed by atoms with Crippen LogP contribution in [0.1, 0.15) is 5.56 Å². The number of phenolic OH excluding ortho intramolecular Hbond substituents is 1. The van der Waals surface area contributed by atoms with Crippen molar-refractivity contribution in [3.05, 3.63) is 69.3 Å². The predicted octanol–water partition coefficient (Wildman–Crippen LogP) is 4.86. The third kappa shape index (κ3) is 4.16. The van der Waals surface area contributed by atoms with Crippen LogP contribution < -0.4 is 4.74 Å². The molecule has 2 aromatic carbocycles. The number of benzene rings is 2. The first kappa shape index (κ1) is 19.9. The standard InChI is InChI=1S/C20H16ClNO5S/c1-26-15-7-6-11(8-14(15)23)9-16-18(24)17(20(25)27-2)19(28-16)22-13-5-3-4-12(21)10-13/h3-10,23-24H,1-2H3/b16-9+,22-19?. The number of hydrogen-bond acceptors (Lipinski definition) is 7. The Morgan fingerprint density at radius 3 is 2.61 bits per heavy atom. The molecule has 1 aliphatic rings. The minimum atomic E-state index is -0.702. The molecule has 8 heteroatoms. The van der Waals surface area contributed by atoms with Crippen LogP contribution in [0.15, 0.2) is 63.7 Å².